The van der Waals surface area contributed by atoms with E-state index in [9.17, 15) is 22.8 Å². The minimum absolute atomic E-state index is 0.135. The summed E-state index contributed by atoms with van der Waals surface area (Å²) in [5.41, 5.74) is 0.509. The van der Waals surface area contributed by atoms with Crippen molar-refractivity contribution in [3.05, 3.63) is 65.2 Å². The molecule has 0 aliphatic rings. The Morgan fingerprint density at radius 3 is 2.08 bits per heavy atom. The van der Waals surface area contributed by atoms with Crippen molar-refractivity contribution < 1.29 is 27.5 Å². The minimum atomic E-state index is -4.40. The first-order valence-corrected chi connectivity index (χ1v) is 6.96. The number of ether oxygens (including phenoxy) is 1. The van der Waals surface area contributed by atoms with Gasteiger partial charge in [-0.05, 0) is 42.0 Å². The number of amides is 1. The highest BCUT2D eigenvalue weighted by molar-refractivity contribution is 5.92. The van der Waals surface area contributed by atoms with Crippen molar-refractivity contribution in [3.63, 3.8) is 0 Å². The standard InChI is InChI=1S/C17H14F3NO3/c1-11(22)21-15-8-4-13(5-9-15)16(23)24-10-12-2-6-14(7-3-12)17(18,19)20/h2-9H,10H2,1H3,(H,21,22). The smallest absolute Gasteiger partial charge is 0.416 e. The van der Waals surface area contributed by atoms with Gasteiger partial charge in [-0.15, -0.1) is 0 Å². The molecule has 0 heterocycles. The summed E-state index contributed by atoms with van der Waals surface area (Å²) in [6.07, 6.45) is -4.40. The number of carbonyl (C=O) groups excluding carboxylic acids is 2. The summed E-state index contributed by atoms with van der Waals surface area (Å²) in [5.74, 6) is -0.836. The molecule has 0 atom stereocenters. The molecule has 2 aromatic carbocycles. The highest BCUT2D eigenvalue weighted by Gasteiger charge is 2.29. The summed E-state index contributed by atoms with van der Waals surface area (Å²) in [4.78, 5) is 22.8. The summed E-state index contributed by atoms with van der Waals surface area (Å²) in [6.45, 7) is 1.23. The second-order valence-corrected chi connectivity index (χ2v) is 5.03. The number of benzene rings is 2. The summed E-state index contributed by atoms with van der Waals surface area (Å²) < 4.78 is 42.4. The lowest BCUT2D eigenvalue weighted by Gasteiger charge is -2.09. The summed E-state index contributed by atoms with van der Waals surface area (Å²) in [6, 6.07) is 10.5. The maximum atomic E-state index is 12.5. The number of hydrogen-bond donors (Lipinski definition) is 1. The molecule has 1 N–H and O–H groups in total. The van der Waals surface area contributed by atoms with E-state index in [2.05, 4.69) is 5.32 Å². The Hall–Kier alpha value is -2.83. The number of halogens is 3. The van der Waals surface area contributed by atoms with Crippen LogP contribution in [0.25, 0.3) is 0 Å². The molecule has 0 aliphatic heterocycles. The highest BCUT2D eigenvalue weighted by Crippen LogP contribution is 2.29. The normalized spacial score (nSPS) is 11.0. The first kappa shape index (κ1) is 17.5. The zero-order valence-corrected chi connectivity index (χ0v) is 12.7. The minimum Gasteiger partial charge on any atom is -0.457 e. The van der Waals surface area contributed by atoms with Gasteiger partial charge in [-0.3, -0.25) is 4.79 Å². The molecule has 2 rings (SSSR count). The third-order valence-corrected chi connectivity index (χ3v) is 3.09. The SMILES string of the molecule is CC(=O)Nc1ccc(C(=O)OCc2ccc(C(F)(F)F)cc2)cc1. The molecule has 0 aromatic heterocycles. The lowest BCUT2D eigenvalue weighted by Crippen LogP contribution is -2.08. The van der Waals surface area contributed by atoms with Crippen molar-refractivity contribution in [2.45, 2.75) is 19.7 Å². The summed E-state index contributed by atoms with van der Waals surface area (Å²) in [7, 11) is 0. The van der Waals surface area contributed by atoms with Gasteiger partial charge in [-0.2, -0.15) is 13.2 Å². The van der Waals surface area contributed by atoms with Crippen molar-refractivity contribution in [3.8, 4) is 0 Å². The third kappa shape index (κ3) is 4.84. The van der Waals surface area contributed by atoms with E-state index in [0.29, 0.717) is 11.3 Å². The average molecular weight is 337 g/mol. The van der Waals surface area contributed by atoms with Gasteiger partial charge in [0.2, 0.25) is 5.91 Å². The highest BCUT2D eigenvalue weighted by atomic mass is 19.4. The van der Waals surface area contributed by atoms with Crippen LogP contribution in [0.5, 0.6) is 0 Å². The molecule has 0 unspecified atom stereocenters. The van der Waals surface area contributed by atoms with Gasteiger partial charge in [0.25, 0.3) is 0 Å². The number of anilines is 1. The first-order chi connectivity index (χ1) is 11.3. The Balaban J connectivity index is 1.94. The lowest BCUT2D eigenvalue weighted by atomic mass is 10.1. The second-order valence-electron chi connectivity index (χ2n) is 5.03. The van der Waals surface area contributed by atoms with Gasteiger partial charge >= 0.3 is 12.1 Å². The fourth-order valence-corrected chi connectivity index (χ4v) is 1.92. The molecule has 4 nitrogen and oxygen atoms in total. The monoisotopic (exact) mass is 337 g/mol. The zero-order valence-electron chi connectivity index (χ0n) is 12.7. The molecule has 0 radical (unpaired) electrons. The van der Waals surface area contributed by atoms with E-state index in [1.54, 1.807) is 12.1 Å². The molecule has 24 heavy (non-hydrogen) atoms. The molecule has 0 spiro atoms. The lowest BCUT2D eigenvalue weighted by molar-refractivity contribution is -0.137. The van der Waals surface area contributed by atoms with Gasteiger partial charge in [0, 0.05) is 12.6 Å². The fourth-order valence-electron chi connectivity index (χ4n) is 1.92. The van der Waals surface area contributed by atoms with Crippen molar-refractivity contribution in [2.24, 2.45) is 0 Å². The number of carbonyl (C=O) groups is 2. The van der Waals surface area contributed by atoms with Gasteiger partial charge < -0.3 is 10.1 Å². The van der Waals surface area contributed by atoms with E-state index in [4.69, 9.17) is 4.74 Å². The number of alkyl halides is 3. The molecular weight excluding hydrogens is 323 g/mol. The van der Waals surface area contributed by atoms with E-state index >= 15 is 0 Å². The van der Waals surface area contributed by atoms with Crippen molar-refractivity contribution in [1.82, 2.24) is 0 Å². The molecule has 0 aliphatic carbocycles. The topological polar surface area (TPSA) is 55.4 Å². The van der Waals surface area contributed by atoms with Crippen LogP contribution >= 0.6 is 0 Å². The Kier molecular flexibility index (Phi) is 5.23. The van der Waals surface area contributed by atoms with Crippen LogP contribution in [0.2, 0.25) is 0 Å². The number of esters is 1. The molecular formula is C17H14F3NO3. The van der Waals surface area contributed by atoms with Gasteiger partial charge in [0.1, 0.15) is 6.61 Å². The molecule has 0 saturated carbocycles. The van der Waals surface area contributed by atoms with Crippen LogP contribution in [-0.2, 0) is 22.3 Å². The number of hydrogen-bond acceptors (Lipinski definition) is 3. The van der Waals surface area contributed by atoms with E-state index < -0.39 is 17.7 Å². The van der Waals surface area contributed by atoms with E-state index in [0.717, 1.165) is 12.1 Å². The maximum Gasteiger partial charge on any atom is 0.416 e. The third-order valence-electron chi connectivity index (χ3n) is 3.09. The molecule has 7 heteroatoms. The van der Waals surface area contributed by atoms with Gasteiger partial charge in [0.15, 0.2) is 0 Å². The van der Waals surface area contributed by atoms with Crippen LogP contribution in [0, 0.1) is 0 Å². The van der Waals surface area contributed by atoms with Gasteiger partial charge in [0.05, 0.1) is 11.1 Å². The Morgan fingerprint density at radius 2 is 1.58 bits per heavy atom. The quantitative estimate of drug-likeness (QED) is 0.857. The molecule has 0 fully saturated rings. The predicted octanol–water partition coefficient (Wildman–Crippen LogP) is 4.02. The van der Waals surface area contributed by atoms with Crippen molar-refractivity contribution in [2.75, 3.05) is 5.32 Å². The number of nitrogens with one attached hydrogen (secondary N) is 1. The van der Waals surface area contributed by atoms with Crippen LogP contribution in [0.3, 0.4) is 0 Å². The van der Waals surface area contributed by atoms with Gasteiger partial charge in [-0.1, -0.05) is 12.1 Å². The Bertz CT molecular complexity index is 722. The Morgan fingerprint density at radius 1 is 1.00 bits per heavy atom. The van der Waals surface area contributed by atoms with E-state index in [1.165, 1.54) is 31.2 Å². The fraction of sp³-hybridized carbons (Fsp3) is 0.176. The Labute approximate surface area is 136 Å². The molecule has 2 aromatic rings. The van der Waals surface area contributed by atoms with Crippen molar-refractivity contribution >= 4 is 17.6 Å². The van der Waals surface area contributed by atoms with Gasteiger partial charge in [-0.25, -0.2) is 4.79 Å². The molecule has 0 saturated heterocycles. The first-order valence-electron chi connectivity index (χ1n) is 6.96. The summed E-state index contributed by atoms with van der Waals surface area (Å²) in [5, 5.41) is 2.56. The van der Waals surface area contributed by atoms with Crippen LogP contribution in [0.4, 0.5) is 18.9 Å². The van der Waals surface area contributed by atoms with E-state index in [-0.39, 0.29) is 18.1 Å². The predicted molar refractivity (Wildman–Crippen MR) is 81.3 cm³/mol. The number of rotatable bonds is 4. The molecule has 126 valence electrons. The molecule has 0 bridgehead atoms. The molecule has 1 amide bonds. The zero-order chi connectivity index (χ0) is 17.7. The van der Waals surface area contributed by atoms with Crippen LogP contribution in [0.1, 0.15) is 28.4 Å². The second kappa shape index (κ2) is 7.16. The van der Waals surface area contributed by atoms with Crippen LogP contribution in [0.15, 0.2) is 48.5 Å². The van der Waals surface area contributed by atoms with Crippen molar-refractivity contribution in [1.29, 1.82) is 0 Å². The van der Waals surface area contributed by atoms with Crippen LogP contribution in [-0.4, -0.2) is 11.9 Å². The summed E-state index contributed by atoms with van der Waals surface area (Å²) >= 11 is 0. The maximum absolute atomic E-state index is 12.5. The average Bonchev–Trinajstić information content (AvgIpc) is 2.52. The van der Waals surface area contributed by atoms with E-state index in [1.807, 2.05) is 0 Å². The largest absolute Gasteiger partial charge is 0.457 e. The van der Waals surface area contributed by atoms with Crippen LogP contribution < -0.4 is 5.32 Å².